The number of esters is 1. The summed E-state index contributed by atoms with van der Waals surface area (Å²) in [5.74, 6) is -0.370. The Labute approximate surface area is 155 Å². The van der Waals surface area contributed by atoms with Crippen molar-refractivity contribution in [1.29, 1.82) is 0 Å². The zero-order chi connectivity index (χ0) is 18.4. The molecule has 2 atom stereocenters. The maximum absolute atomic E-state index is 13.2. The zero-order valence-corrected chi connectivity index (χ0v) is 15.3. The number of para-hydroxylation sites is 1. The highest BCUT2D eigenvalue weighted by molar-refractivity contribution is 5.77. The van der Waals surface area contributed by atoms with Gasteiger partial charge in [0.1, 0.15) is 11.4 Å². The maximum atomic E-state index is 13.2. The summed E-state index contributed by atoms with van der Waals surface area (Å²) in [7, 11) is 0. The monoisotopic (exact) mass is 353 g/mol. The molecule has 1 aromatic heterocycles. The van der Waals surface area contributed by atoms with E-state index in [1.807, 2.05) is 37.3 Å². The lowest BCUT2D eigenvalue weighted by molar-refractivity contribution is -0.157. The van der Waals surface area contributed by atoms with E-state index < -0.39 is 11.5 Å². The van der Waals surface area contributed by atoms with E-state index in [4.69, 9.17) is 4.74 Å². The van der Waals surface area contributed by atoms with Crippen molar-refractivity contribution >= 4 is 5.97 Å². The van der Waals surface area contributed by atoms with E-state index in [1.54, 1.807) is 24.4 Å². The number of aromatic nitrogens is 1. The van der Waals surface area contributed by atoms with Gasteiger partial charge in [-0.1, -0.05) is 50.5 Å². The van der Waals surface area contributed by atoms with E-state index in [-0.39, 0.29) is 11.9 Å². The first-order chi connectivity index (χ1) is 12.6. The third kappa shape index (κ3) is 3.96. The van der Waals surface area contributed by atoms with Crippen molar-refractivity contribution in [3.8, 4) is 5.75 Å². The summed E-state index contributed by atoms with van der Waals surface area (Å²) in [6.07, 6.45) is 7.30. The minimum atomic E-state index is -1.32. The number of rotatable bonds is 6. The van der Waals surface area contributed by atoms with Crippen LogP contribution in [-0.4, -0.2) is 16.1 Å². The molecule has 4 nitrogen and oxygen atoms in total. The van der Waals surface area contributed by atoms with E-state index in [0.29, 0.717) is 17.9 Å². The Hall–Kier alpha value is -2.20. The van der Waals surface area contributed by atoms with Gasteiger partial charge in [0.25, 0.3) is 0 Å². The second kappa shape index (κ2) is 8.45. The average Bonchev–Trinajstić information content (AvgIpc) is 2.70. The molecule has 0 radical (unpaired) electrons. The number of carbonyl (C=O) groups is 1. The van der Waals surface area contributed by atoms with Crippen molar-refractivity contribution < 1.29 is 14.6 Å². The first kappa shape index (κ1) is 18.6. The third-order valence-electron chi connectivity index (χ3n) is 5.50. The molecule has 1 N–H and O–H groups in total. The van der Waals surface area contributed by atoms with Gasteiger partial charge in [-0.15, -0.1) is 0 Å². The molecule has 1 heterocycles. The molecule has 1 saturated carbocycles. The van der Waals surface area contributed by atoms with E-state index in [1.165, 1.54) is 6.42 Å². The first-order valence-corrected chi connectivity index (χ1v) is 9.55. The number of carbonyl (C=O) groups excluding carboxylic acids is 1. The maximum Gasteiger partial charge on any atom is 0.317 e. The fraction of sp³-hybridized carbons (Fsp3) is 0.455. The quantitative estimate of drug-likeness (QED) is 0.614. The van der Waals surface area contributed by atoms with Crippen molar-refractivity contribution in [2.75, 3.05) is 0 Å². The van der Waals surface area contributed by atoms with Gasteiger partial charge in [-0.2, -0.15) is 0 Å². The van der Waals surface area contributed by atoms with Crippen LogP contribution in [0, 0.1) is 11.8 Å². The molecule has 1 aliphatic carbocycles. The van der Waals surface area contributed by atoms with Crippen LogP contribution >= 0.6 is 0 Å². The molecule has 1 aromatic carbocycles. The van der Waals surface area contributed by atoms with Crippen LogP contribution in [0.5, 0.6) is 5.75 Å². The van der Waals surface area contributed by atoms with E-state index in [2.05, 4.69) is 4.98 Å². The zero-order valence-electron chi connectivity index (χ0n) is 15.3. The summed E-state index contributed by atoms with van der Waals surface area (Å²) in [5, 5.41) is 11.6. The second-order valence-electron chi connectivity index (χ2n) is 7.10. The molecule has 0 spiro atoms. The number of hydrogen-bond acceptors (Lipinski definition) is 4. The molecule has 2 unspecified atom stereocenters. The van der Waals surface area contributed by atoms with Crippen LogP contribution in [0.3, 0.4) is 0 Å². The van der Waals surface area contributed by atoms with E-state index in [9.17, 15) is 9.90 Å². The van der Waals surface area contributed by atoms with Crippen LogP contribution in [-0.2, 0) is 10.4 Å². The Morgan fingerprint density at radius 2 is 1.85 bits per heavy atom. The molecule has 2 aromatic rings. The molecule has 0 saturated heterocycles. The number of benzene rings is 1. The standard InChI is InChI=1S/C22H27NO3/c1-2-22(25,19-15-9-10-16-23-19)20(17-11-5-3-6-12-17)21(24)26-18-13-7-4-8-14-18/h4,7-10,13-17,20,25H,2-3,5-6,11-12H2,1H3. The van der Waals surface area contributed by atoms with Crippen molar-refractivity contribution in [3.63, 3.8) is 0 Å². The fourth-order valence-corrected chi connectivity index (χ4v) is 4.09. The summed E-state index contributed by atoms with van der Waals surface area (Å²) in [6, 6.07) is 14.6. The minimum absolute atomic E-state index is 0.104. The van der Waals surface area contributed by atoms with Gasteiger partial charge in [-0.3, -0.25) is 9.78 Å². The Kier molecular flexibility index (Phi) is 6.04. The summed E-state index contributed by atoms with van der Waals surface area (Å²) >= 11 is 0. The molecule has 1 aliphatic rings. The highest BCUT2D eigenvalue weighted by atomic mass is 16.5. The highest BCUT2D eigenvalue weighted by Crippen LogP contribution is 2.43. The topological polar surface area (TPSA) is 59.4 Å². The van der Waals surface area contributed by atoms with Gasteiger partial charge in [-0.25, -0.2) is 0 Å². The Balaban J connectivity index is 1.95. The first-order valence-electron chi connectivity index (χ1n) is 9.55. The normalized spacial score (nSPS) is 18.7. The predicted octanol–water partition coefficient (Wildman–Crippen LogP) is 4.48. The van der Waals surface area contributed by atoms with Crippen LogP contribution in [0.2, 0.25) is 0 Å². The lowest BCUT2D eigenvalue weighted by Crippen LogP contribution is -2.46. The van der Waals surface area contributed by atoms with Crippen LogP contribution in [0.4, 0.5) is 0 Å². The van der Waals surface area contributed by atoms with E-state index >= 15 is 0 Å². The molecular weight excluding hydrogens is 326 g/mol. The highest BCUT2D eigenvalue weighted by Gasteiger charge is 2.48. The summed E-state index contributed by atoms with van der Waals surface area (Å²) in [6.45, 7) is 1.90. The fourth-order valence-electron chi connectivity index (χ4n) is 4.09. The third-order valence-corrected chi connectivity index (χ3v) is 5.50. The second-order valence-corrected chi connectivity index (χ2v) is 7.10. The van der Waals surface area contributed by atoms with Crippen LogP contribution < -0.4 is 4.74 Å². The van der Waals surface area contributed by atoms with Gasteiger partial charge in [0, 0.05) is 6.20 Å². The van der Waals surface area contributed by atoms with Crippen LogP contribution in [0.1, 0.15) is 51.1 Å². The minimum Gasteiger partial charge on any atom is -0.426 e. The van der Waals surface area contributed by atoms with Gasteiger partial charge in [0.15, 0.2) is 0 Å². The smallest absolute Gasteiger partial charge is 0.317 e. The summed E-state index contributed by atoms with van der Waals surface area (Å²) in [4.78, 5) is 17.5. The lowest BCUT2D eigenvalue weighted by atomic mass is 9.69. The largest absolute Gasteiger partial charge is 0.426 e. The SMILES string of the molecule is CCC(O)(c1ccccn1)C(C(=O)Oc1ccccc1)C1CCCCC1. The van der Waals surface area contributed by atoms with Gasteiger partial charge in [-0.05, 0) is 49.4 Å². The van der Waals surface area contributed by atoms with Gasteiger partial charge < -0.3 is 9.84 Å². The van der Waals surface area contributed by atoms with Gasteiger partial charge in [0.2, 0.25) is 0 Å². The molecule has 0 amide bonds. The molecule has 4 heteroatoms. The molecule has 0 aliphatic heterocycles. The Bertz CT molecular complexity index is 698. The number of aliphatic hydroxyl groups is 1. The predicted molar refractivity (Wildman–Crippen MR) is 101 cm³/mol. The van der Waals surface area contributed by atoms with Crippen LogP contribution in [0.15, 0.2) is 54.7 Å². The van der Waals surface area contributed by atoms with Gasteiger partial charge >= 0.3 is 5.97 Å². The molecule has 3 rings (SSSR count). The van der Waals surface area contributed by atoms with Crippen molar-refractivity contribution in [2.24, 2.45) is 11.8 Å². The number of nitrogens with zero attached hydrogens (tertiary/aromatic N) is 1. The lowest BCUT2D eigenvalue weighted by Gasteiger charge is -2.39. The van der Waals surface area contributed by atoms with Crippen molar-refractivity contribution in [3.05, 3.63) is 60.4 Å². The van der Waals surface area contributed by atoms with E-state index in [0.717, 1.165) is 25.7 Å². The molecule has 0 bridgehead atoms. The molecule has 138 valence electrons. The van der Waals surface area contributed by atoms with Crippen LogP contribution in [0.25, 0.3) is 0 Å². The van der Waals surface area contributed by atoms with Crippen molar-refractivity contribution in [2.45, 2.75) is 51.0 Å². The number of pyridine rings is 1. The van der Waals surface area contributed by atoms with Crippen molar-refractivity contribution in [1.82, 2.24) is 4.98 Å². The molecule has 26 heavy (non-hydrogen) atoms. The molecule has 1 fully saturated rings. The Morgan fingerprint density at radius 3 is 2.46 bits per heavy atom. The number of hydrogen-bond donors (Lipinski definition) is 1. The number of ether oxygens (including phenoxy) is 1. The average molecular weight is 353 g/mol. The molecular formula is C22H27NO3. The Morgan fingerprint density at radius 1 is 1.15 bits per heavy atom. The van der Waals surface area contributed by atoms with Gasteiger partial charge in [0.05, 0.1) is 11.6 Å². The summed E-state index contributed by atoms with van der Waals surface area (Å²) in [5.41, 5.74) is -0.780. The summed E-state index contributed by atoms with van der Waals surface area (Å²) < 4.78 is 5.67.